The molecule has 1 aliphatic heterocycles. The number of likely N-dealkylation sites (tertiary alicyclic amines) is 1. The number of hydrogen-bond donors (Lipinski definition) is 1. The molecule has 3 rings (SSSR count). The van der Waals surface area contributed by atoms with Crippen molar-refractivity contribution in [3.8, 4) is 11.5 Å². The van der Waals surface area contributed by atoms with Crippen LogP contribution in [0.4, 0.5) is 0 Å². The second-order valence-corrected chi connectivity index (χ2v) is 8.57. The fourth-order valence-electron chi connectivity index (χ4n) is 3.73. The van der Waals surface area contributed by atoms with Crippen LogP contribution >= 0.6 is 11.3 Å². The molecule has 1 atom stereocenters. The molecule has 1 aromatic heterocycles. The summed E-state index contributed by atoms with van der Waals surface area (Å²) in [5.41, 5.74) is 6.38. The lowest BCUT2D eigenvalue weighted by atomic mass is 10.1. The Morgan fingerprint density at radius 1 is 1.18 bits per heavy atom. The zero-order valence-electron chi connectivity index (χ0n) is 16.8. The number of carbonyl (C=O) groups excluding carboxylic acids is 1. The molecule has 0 radical (unpaired) electrons. The van der Waals surface area contributed by atoms with Crippen LogP contribution in [0.5, 0.6) is 11.5 Å². The van der Waals surface area contributed by atoms with Crippen molar-refractivity contribution in [1.29, 1.82) is 0 Å². The number of primary amides is 1. The van der Waals surface area contributed by atoms with E-state index in [-0.39, 0.29) is 6.61 Å². The Hall–Kier alpha value is -2.05. The zero-order valence-corrected chi connectivity index (χ0v) is 17.6. The van der Waals surface area contributed by atoms with Gasteiger partial charge in [0.15, 0.2) is 18.1 Å². The molecule has 0 aliphatic carbocycles. The van der Waals surface area contributed by atoms with Crippen LogP contribution in [0, 0.1) is 6.92 Å². The molecule has 152 valence electrons. The Balaban J connectivity index is 1.79. The average Bonchev–Trinajstić information content (AvgIpc) is 2.96. The Kier molecular flexibility index (Phi) is 7.34. The molecule has 0 saturated carbocycles. The average molecular weight is 403 g/mol. The van der Waals surface area contributed by atoms with Crippen molar-refractivity contribution in [2.45, 2.75) is 52.1 Å². The minimum atomic E-state index is -0.495. The highest BCUT2D eigenvalue weighted by atomic mass is 32.1. The molecular weight excluding hydrogens is 372 g/mol. The summed E-state index contributed by atoms with van der Waals surface area (Å²) in [4.78, 5) is 16.5. The van der Waals surface area contributed by atoms with Gasteiger partial charge in [-0.05, 0) is 63.1 Å². The highest BCUT2D eigenvalue weighted by Gasteiger charge is 2.24. The van der Waals surface area contributed by atoms with Crippen LogP contribution in [0.1, 0.15) is 54.0 Å². The quantitative estimate of drug-likeness (QED) is 0.709. The van der Waals surface area contributed by atoms with Gasteiger partial charge in [-0.25, -0.2) is 0 Å². The first-order valence-electron chi connectivity index (χ1n) is 10.0. The van der Waals surface area contributed by atoms with Crippen LogP contribution in [0.15, 0.2) is 30.3 Å². The monoisotopic (exact) mass is 402 g/mol. The van der Waals surface area contributed by atoms with E-state index in [0.717, 1.165) is 13.1 Å². The Morgan fingerprint density at radius 2 is 2.04 bits per heavy atom. The van der Waals surface area contributed by atoms with E-state index in [2.05, 4.69) is 30.0 Å². The number of nitrogens with two attached hydrogens (primary N) is 1. The third kappa shape index (κ3) is 5.49. The molecule has 2 N–H and O–H groups in total. The van der Waals surface area contributed by atoms with Gasteiger partial charge in [-0.15, -0.1) is 11.3 Å². The van der Waals surface area contributed by atoms with Gasteiger partial charge in [-0.2, -0.15) is 0 Å². The third-order valence-corrected chi connectivity index (χ3v) is 6.12. The molecule has 0 spiro atoms. The van der Waals surface area contributed by atoms with Crippen LogP contribution < -0.4 is 15.2 Å². The number of benzene rings is 1. The number of ether oxygens (including phenoxy) is 2. The van der Waals surface area contributed by atoms with Crippen LogP contribution in [0.3, 0.4) is 0 Å². The van der Waals surface area contributed by atoms with Gasteiger partial charge in [0.05, 0.1) is 6.61 Å². The van der Waals surface area contributed by atoms with Gasteiger partial charge in [-0.3, -0.25) is 9.69 Å². The first-order chi connectivity index (χ1) is 13.6. The maximum atomic E-state index is 11.0. The lowest BCUT2D eigenvalue weighted by molar-refractivity contribution is -0.119. The summed E-state index contributed by atoms with van der Waals surface area (Å²) < 4.78 is 11.2. The van der Waals surface area contributed by atoms with E-state index in [4.69, 9.17) is 15.2 Å². The number of rotatable bonds is 8. The number of thiophene rings is 1. The number of amides is 1. The molecule has 2 heterocycles. The number of hydrogen-bond acceptors (Lipinski definition) is 5. The Labute approximate surface area is 171 Å². The maximum Gasteiger partial charge on any atom is 0.255 e. The largest absolute Gasteiger partial charge is 0.490 e. The van der Waals surface area contributed by atoms with Crippen molar-refractivity contribution in [3.05, 3.63) is 45.6 Å². The second-order valence-electron chi connectivity index (χ2n) is 7.25. The molecule has 1 fully saturated rings. The fourth-order valence-corrected chi connectivity index (χ4v) is 4.78. The van der Waals surface area contributed by atoms with Crippen LogP contribution in [-0.4, -0.2) is 30.6 Å². The summed E-state index contributed by atoms with van der Waals surface area (Å²) in [6.07, 6.45) is 5.01. The van der Waals surface area contributed by atoms with E-state index in [9.17, 15) is 4.79 Å². The number of aryl methyl sites for hydroxylation is 1. The molecule has 28 heavy (non-hydrogen) atoms. The second kappa shape index (κ2) is 9.94. The number of nitrogens with zero attached hydrogens (tertiary/aromatic N) is 1. The van der Waals surface area contributed by atoms with Gasteiger partial charge in [-0.1, -0.05) is 18.9 Å². The van der Waals surface area contributed by atoms with Gasteiger partial charge in [0, 0.05) is 22.3 Å². The minimum Gasteiger partial charge on any atom is -0.490 e. The molecule has 1 unspecified atom stereocenters. The summed E-state index contributed by atoms with van der Waals surface area (Å²) in [5, 5.41) is 0. The molecule has 0 bridgehead atoms. The highest BCUT2D eigenvalue weighted by molar-refractivity contribution is 7.12. The smallest absolute Gasteiger partial charge is 0.255 e. The Bertz CT molecular complexity index is 790. The van der Waals surface area contributed by atoms with Crippen molar-refractivity contribution in [2.75, 3.05) is 19.8 Å². The first kappa shape index (κ1) is 20.7. The summed E-state index contributed by atoms with van der Waals surface area (Å²) in [5.74, 6) is 0.732. The van der Waals surface area contributed by atoms with Crippen molar-refractivity contribution in [1.82, 2.24) is 4.90 Å². The maximum absolute atomic E-state index is 11.0. The third-order valence-electron chi connectivity index (χ3n) is 5.02. The SMILES string of the molecule is CCOc1cc(CN2CCCCCC2c2ccc(C)s2)ccc1OCC(N)=O. The van der Waals surface area contributed by atoms with E-state index >= 15 is 0 Å². The topological polar surface area (TPSA) is 64.8 Å². The lowest BCUT2D eigenvalue weighted by Gasteiger charge is -2.29. The zero-order chi connectivity index (χ0) is 19.9. The van der Waals surface area contributed by atoms with Crippen LogP contribution in [-0.2, 0) is 11.3 Å². The summed E-state index contributed by atoms with van der Waals surface area (Å²) in [7, 11) is 0. The van der Waals surface area contributed by atoms with Gasteiger partial charge < -0.3 is 15.2 Å². The number of carbonyl (C=O) groups is 1. The van der Waals surface area contributed by atoms with Gasteiger partial charge in [0.2, 0.25) is 0 Å². The van der Waals surface area contributed by atoms with Gasteiger partial charge in [0.25, 0.3) is 5.91 Å². The van der Waals surface area contributed by atoms with E-state index in [1.54, 1.807) is 0 Å². The molecule has 5 nitrogen and oxygen atoms in total. The molecular formula is C22H30N2O3S. The predicted molar refractivity (Wildman–Crippen MR) is 113 cm³/mol. The van der Waals surface area contributed by atoms with Crippen LogP contribution in [0.25, 0.3) is 0 Å². The van der Waals surface area contributed by atoms with E-state index in [1.807, 2.05) is 30.4 Å². The standard InChI is InChI=1S/C22H30N2O3S/c1-3-26-20-13-17(9-10-19(20)27-15-22(23)25)14-24-12-6-4-5-7-18(24)21-11-8-16(2)28-21/h8-11,13,18H,3-7,12,14-15H2,1-2H3,(H2,23,25). The van der Waals surface area contributed by atoms with E-state index in [1.165, 1.54) is 41.0 Å². The molecule has 1 saturated heterocycles. The molecule has 1 aliphatic rings. The first-order valence-corrected chi connectivity index (χ1v) is 10.9. The highest BCUT2D eigenvalue weighted by Crippen LogP contribution is 2.36. The fraction of sp³-hybridized carbons (Fsp3) is 0.500. The van der Waals surface area contributed by atoms with Crippen molar-refractivity contribution >= 4 is 17.2 Å². The molecule has 2 aromatic rings. The predicted octanol–water partition coefficient (Wildman–Crippen LogP) is 4.44. The molecule has 1 aromatic carbocycles. The summed E-state index contributed by atoms with van der Waals surface area (Å²) >= 11 is 1.91. The summed E-state index contributed by atoms with van der Waals surface area (Å²) in [6, 6.07) is 11.0. The van der Waals surface area contributed by atoms with Gasteiger partial charge in [0.1, 0.15) is 0 Å². The summed E-state index contributed by atoms with van der Waals surface area (Å²) in [6.45, 7) is 6.48. The normalized spacial score (nSPS) is 17.9. The lowest BCUT2D eigenvalue weighted by Crippen LogP contribution is -2.27. The Morgan fingerprint density at radius 3 is 2.75 bits per heavy atom. The van der Waals surface area contributed by atoms with Crippen molar-refractivity contribution < 1.29 is 14.3 Å². The molecule has 6 heteroatoms. The van der Waals surface area contributed by atoms with Crippen molar-refractivity contribution in [2.24, 2.45) is 5.73 Å². The van der Waals surface area contributed by atoms with E-state index < -0.39 is 5.91 Å². The molecule has 1 amide bonds. The van der Waals surface area contributed by atoms with E-state index in [0.29, 0.717) is 24.1 Å². The van der Waals surface area contributed by atoms with Crippen molar-refractivity contribution in [3.63, 3.8) is 0 Å². The minimum absolute atomic E-state index is 0.147. The van der Waals surface area contributed by atoms with Crippen LogP contribution in [0.2, 0.25) is 0 Å². The van der Waals surface area contributed by atoms with Gasteiger partial charge >= 0.3 is 0 Å².